The van der Waals surface area contributed by atoms with E-state index >= 15 is 0 Å². The lowest BCUT2D eigenvalue weighted by molar-refractivity contribution is 0.0273. The van der Waals surface area contributed by atoms with E-state index in [1.807, 2.05) is 12.1 Å². The summed E-state index contributed by atoms with van der Waals surface area (Å²) in [5.74, 6) is 1.41. The molecule has 0 spiro atoms. The minimum Gasteiger partial charge on any atom is -0.497 e. The van der Waals surface area contributed by atoms with Crippen molar-refractivity contribution in [3.63, 3.8) is 0 Å². The highest BCUT2D eigenvalue weighted by atomic mass is 16.5. The second-order valence-electron chi connectivity index (χ2n) is 5.06. The Bertz CT molecular complexity index is 390. The number of nitrogens with two attached hydrogens (primary N) is 1. The second kappa shape index (κ2) is 5.07. The fourth-order valence-corrected chi connectivity index (χ4v) is 2.22. The lowest BCUT2D eigenvalue weighted by Crippen LogP contribution is -2.26. The summed E-state index contributed by atoms with van der Waals surface area (Å²) >= 11 is 0. The summed E-state index contributed by atoms with van der Waals surface area (Å²) in [6.45, 7) is 5.07. The van der Waals surface area contributed by atoms with Crippen LogP contribution in [0.2, 0.25) is 0 Å². The van der Waals surface area contributed by atoms with Crippen LogP contribution in [0.25, 0.3) is 0 Å². The molecule has 0 amide bonds. The van der Waals surface area contributed by atoms with Gasteiger partial charge in [-0.25, -0.2) is 0 Å². The van der Waals surface area contributed by atoms with Crippen molar-refractivity contribution >= 4 is 0 Å². The monoisotopic (exact) mass is 235 g/mol. The van der Waals surface area contributed by atoms with E-state index in [0.29, 0.717) is 5.92 Å². The maximum Gasteiger partial charge on any atom is 0.119 e. The summed E-state index contributed by atoms with van der Waals surface area (Å²) in [6.07, 6.45) is 1.02. The minimum absolute atomic E-state index is 0.0288. The Morgan fingerprint density at radius 2 is 2.18 bits per heavy atom. The third-order valence-corrected chi connectivity index (χ3v) is 3.18. The van der Waals surface area contributed by atoms with E-state index in [0.717, 1.165) is 24.3 Å². The van der Waals surface area contributed by atoms with Gasteiger partial charge in [0, 0.05) is 13.0 Å². The zero-order valence-corrected chi connectivity index (χ0v) is 10.8. The standard InChI is InChI=1S/C14H21NO2/c1-9(2)8-17-13-6-10-4-5-11(16-3)7-12(10)14(13)15/h4-5,7,9,13-14H,6,8,15H2,1-3H3. The Morgan fingerprint density at radius 3 is 2.82 bits per heavy atom. The topological polar surface area (TPSA) is 44.5 Å². The molecule has 3 nitrogen and oxygen atoms in total. The van der Waals surface area contributed by atoms with Crippen molar-refractivity contribution in [2.75, 3.05) is 13.7 Å². The van der Waals surface area contributed by atoms with Crippen LogP contribution < -0.4 is 10.5 Å². The molecule has 0 heterocycles. The van der Waals surface area contributed by atoms with E-state index in [-0.39, 0.29) is 12.1 Å². The van der Waals surface area contributed by atoms with Crippen LogP contribution in [0.4, 0.5) is 0 Å². The van der Waals surface area contributed by atoms with Gasteiger partial charge in [0.05, 0.1) is 19.3 Å². The summed E-state index contributed by atoms with van der Waals surface area (Å²) in [7, 11) is 1.68. The third kappa shape index (κ3) is 2.61. The number of hydrogen-bond donors (Lipinski definition) is 1. The first-order chi connectivity index (χ1) is 8.11. The molecule has 0 saturated heterocycles. The third-order valence-electron chi connectivity index (χ3n) is 3.18. The molecular formula is C14H21NO2. The number of ether oxygens (including phenoxy) is 2. The quantitative estimate of drug-likeness (QED) is 0.871. The normalized spacial score (nSPS) is 22.9. The van der Waals surface area contributed by atoms with Gasteiger partial charge in [0.2, 0.25) is 0 Å². The van der Waals surface area contributed by atoms with Crippen LogP contribution in [0.5, 0.6) is 5.75 Å². The maximum atomic E-state index is 6.22. The Kier molecular flexibility index (Phi) is 3.69. The molecule has 94 valence electrons. The number of hydrogen-bond acceptors (Lipinski definition) is 3. The van der Waals surface area contributed by atoms with Gasteiger partial charge >= 0.3 is 0 Å². The summed E-state index contributed by atoms with van der Waals surface area (Å²) in [5, 5.41) is 0. The highest BCUT2D eigenvalue weighted by molar-refractivity contribution is 5.42. The van der Waals surface area contributed by atoms with Gasteiger partial charge in [0.15, 0.2) is 0 Å². The highest BCUT2D eigenvalue weighted by Crippen LogP contribution is 2.34. The molecule has 0 saturated carbocycles. The fourth-order valence-electron chi connectivity index (χ4n) is 2.22. The zero-order valence-electron chi connectivity index (χ0n) is 10.8. The van der Waals surface area contributed by atoms with Crippen LogP contribution in [0.1, 0.15) is 31.0 Å². The smallest absolute Gasteiger partial charge is 0.119 e. The van der Waals surface area contributed by atoms with Crippen LogP contribution in [-0.2, 0) is 11.2 Å². The molecule has 1 aliphatic carbocycles. The van der Waals surface area contributed by atoms with Crippen LogP contribution in [0, 0.1) is 5.92 Å². The minimum atomic E-state index is -0.0288. The molecule has 3 heteroatoms. The Morgan fingerprint density at radius 1 is 1.41 bits per heavy atom. The fraction of sp³-hybridized carbons (Fsp3) is 0.571. The van der Waals surface area contributed by atoms with E-state index in [4.69, 9.17) is 15.2 Å². The molecule has 0 bridgehead atoms. The van der Waals surface area contributed by atoms with Crippen molar-refractivity contribution in [2.45, 2.75) is 32.4 Å². The van der Waals surface area contributed by atoms with Gasteiger partial charge in [-0.1, -0.05) is 19.9 Å². The van der Waals surface area contributed by atoms with Crippen LogP contribution in [0.3, 0.4) is 0 Å². The van der Waals surface area contributed by atoms with E-state index < -0.39 is 0 Å². The molecule has 0 aliphatic heterocycles. The Balaban J connectivity index is 2.09. The van der Waals surface area contributed by atoms with Crippen molar-refractivity contribution in [1.82, 2.24) is 0 Å². The van der Waals surface area contributed by atoms with Gasteiger partial charge in [-0.3, -0.25) is 0 Å². The highest BCUT2D eigenvalue weighted by Gasteiger charge is 2.30. The van der Waals surface area contributed by atoms with Crippen molar-refractivity contribution < 1.29 is 9.47 Å². The van der Waals surface area contributed by atoms with Crippen molar-refractivity contribution in [3.05, 3.63) is 29.3 Å². The molecule has 1 aromatic carbocycles. The predicted molar refractivity (Wildman–Crippen MR) is 68.2 cm³/mol. The maximum absolute atomic E-state index is 6.22. The number of fused-ring (bicyclic) bond motifs is 1. The first-order valence-corrected chi connectivity index (χ1v) is 6.15. The summed E-state index contributed by atoms with van der Waals surface area (Å²) < 4.78 is 11.1. The van der Waals surface area contributed by atoms with Gasteiger partial charge < -0.3 is 15.2 Å². The molecule has 2 atom stereocenters. The van der Waals surface area contributed by atoms with E-state index in [2.05, 4.69) is 19.9 Å². The second-order valence-corrected chi connectivity index (χ2v) is 5.06. The van der Waals surface area contributed by atoms with Crippen LogP contribution >= 0.6 is 0 Å². The van der Waals surface area contributed by atoms with Gasteiger partial charge in [-0.15, -0.1) is 0 Å². The van der Waals surface area contributed by atoms with E-state index in [9.17, 15) is 0 Å². The largest absolute Gasteiger partial charge is 0.497 e. The Labute approximate surface area is 103 Å². The van der Waals surface area contributed by atoms with Gasteiger partial charge in [-0.2, -0.15) is 0 Å². The van der Waals surface area contributed by atoms with Crippen LogP contribution in [-0.4, -0.2) is 19.8 Å². The van der Waals surface area contributed by atoms with Gasteiger partial charge in [0.25, 0.3) is 0 Å². The number of methoxy groups -OCH3 is 1. The van der Waals surface area contributed by atoms with Gasteiger partial charge in [0.1, 0.15) is 5.75 Å². The molecular weight excluding hydrogens is 214 g/mol. The molecule has 0 fully saturated rings. The Hall–Kier alpha value is -1.06. The average molecular weight is 235 g/mol. The molecule has 0 radical (unpaired) electrons. The lowest BCUT2D eigenvalue weighted by atomic mass is 10.1. The molecule has 0 aromatic heterocycles. The molecule has 2 unspecified atom stereocenters. The molecule has 2 rings (SSSR count). The average Bonchev–Trinajstić information content (AvgIpc) is 2.63. The summed E-state index contributed by atoms with van der Waals surface area (Å²) in [5.41, 5.74) is 8.67. The predicted octanol–water partition coefficient (Wildman–Crippen LogP) is 2.29. The lowest BCUT2D eigenvalue weighted by Gasteiger charge is -2.18. The van der Waals surface area contributed by atoms with E-state index in [1.165, 1.54) is 5.56 Å². The summed E-state index contributed by atoms with van der Waals surface area (Å²) in [6, 6.07) is 6.07. The molecule has 17 heavy (non-hydrogen) atoms. The van der Waals surface area contributed by atoms with Crippen molar-refractivity contribution in [3.8, 4) is 5.75 Å². The molecule has 1 aromatic rings. The van der Waals surface area contributed by atoms with Crippen molar-refractivity contribution in [2.24, 2.45) is 11.7 Å². The number of rotatable bonds is 4. The number of benzene rings is 1. The first kappa shape index (κ1) is 12.4. The van der Waals surface area contributed by atoms with Gasteiger partial charge in [-0.05, 0) is 29.2 Å². The van der Waals surface area contributed by atoms with Crippen molar-refractivity contribution in [1.29, 1.82) is 0 Å². The van der Waals surface area contributed by atoms with E-state index in [1.54, 1.807) is 7.11 Å². The zero-order chi connectivity index (χ0) is 12.4. The first-order valence-electron chi connectivity index (χ1n) is 6.15. The molecule has 1 aliphatic rings. The molecule has 2 N–H and O–H groups in total. The summed E-state index contributed by atoms with van der Waals surface area (Å²) in [4.78, 5) is 0. The SMILES string of the molecule is COc1ccc2c(c1)C(N)C(OCC(C)C)C2. The van der Waals surface area contributed by atoms with Crippen LogP contribution in [0.15, 0.2) is 18.2 Å².